The zero-order chi connectivity index (χ0) is 17.9. The maximum atomic E-state index is 14.0. The Morgan fingerprint density at radius 1 is 1.12 bits per heavy atom. The number of nitrogens with zero attached hydrogens (tertiary/aromatic N) is 3. The van der Waals surface area contributed by atoms with Crippen molar-refractivity contribution in [3.63, 3.8) is 0 Å². The third-order valence-electron chi connectivity index (χ3n) is 5.17. The molecule has 2 aliphatic rings. The highest BCUT2D eigenvalue weighted by atomic mass is 32.1. The van der Waals surface area contributed by atoms with Crippen LogP contribution in [0.2, 0.25) is 0 Å². The summed E-state index contributed by atoms with van der Waals surface area (Å²) >= 11 is 1.75. The van der Waals surface area contributed by atoms with Crippen LogP contribution in [0.25, 0.3) is 0 Å². The Kier molecular flexibility index (Phi) is 5.22. The zero-order valence-corrected chi connectivity index (χ0v) is 15.6. The molecule has 0 radical (unpaired) electrons. The lowest BCUT2D eigenvalue weighted by Gasteiger charge is -2.37. The molecule has 1 saturated heterocycles. The molecular formula is C20H24FN3OS. The van der Waals surface area contributed by atoms with Gasteiger partial charge in [0.1, 0.15) is 5.82 Å². The molecule has 2 aromatic rings. The number of para-hydroxylation sites is 1. The molecule has 4 rings (SSSR count). The van der Waals surface area contributed by atoms with Crippen molar-refractivity contribution >= 4 is 22.9 Å². The van der Waals surface area contributed by atoms with Crippen molar-refractivity contribution in [2.75, 3.05) is 37.6 Å². The maximum Gasteiger partial charge on any atom is 0.236 e. The second kappa shape index (κ2) is 7.76. The number of hydrogen-bond donors (Lipinski definition) is 0. The summed E-state index contributed by atoms with van der Waals surface area (Å²) < 4.78 is 14.0. The van der Waals surface area contributed by atoms with Crippen LogP contribution in [0, 0.1) is 5.82 Å². The first-order valence-electron chi connectivity index (χ1n) is 9.24. The SMILES string of the molecule is O=C(CN(Cc1cccs1)C1CC1)N1CCN(c2ccccc2F)CC1. The van der Waals surface area contributed by atoms with Crippen molar-refractivity contribution < 1.29 is 9.18 Å². The van der Waals surface area contributed by atoms with E-state index in [1.54, 1.807) is 17.4 Å². The Morgan fingerprint density at radius 3 is 2.54 bits per heavy atom. The van der Waals surface area contributed by atoms with Gasteiger partial charge >= 0.3 is 0 Å². The molecule has 0 bridgehead atoms. The van der Waals surface area contributed by atoms with Gasteiger partial charge < -0.3 is 9.80 Å². The number of thiophene rings is 1. The van der Waals surface area contributed by atoms with Crippen LogP contribution in [0.4, 0.5) is 10.1 Å². The topological polar surface area (TPSA) is 26.8 Å². The summed E-state index contributed by atoms with van der Waals surface area (Å²) in [7, 11) is 0. The van der Waals surface area contributed by atoms with E-state index in [2.05, 4.69) is 22.4 Å². The lowest BCUT2D eigenvalue weighted by atomic mass is 10.2. The van der Waals surface area contributed by atoms with Crippen LogP contribution in [0.5, 0.6) is 0 Å². The monoisotopic (exact) mass is 373 g/mol. The van der Waals surface area contributed by atoms with E-state index in [1.807, 2.05) is 21.9 Å². The molecule has 0 N–H and O–H groups in total. The van der Waals surface area contributed by atoms with Gasteiger partial charge in [0.2, 0.25) is 5.91 Å². The molecule has 4 nitrogen and oxygen atoms in total. The van der Waals surface area contributed by atoms with Gasteiger partial charge in [0.15, 0.2) is 0 Å². The largest absolute Gasteiger partial charge is 0.366 e. The normalized spacial score (nSPS) is 17.8. The summed E-state index contributed by atoms with van der Waals surface area (Å²) in [5.41, 5.74) is 0.636. The van der Waals surface area contributed by atoms with Crippen molar-refractivity contribution in [2.45, 2.75) is 25.4 Å². The molecule has 1 saturated carbocycles. The lowest BCUT2D eigenvalue weighted by Crippen LogP contribution is -2.51. The highest BCUT2D eigenvalue weighted by molar-refractivity contribution is 7.09. The second-order valence-electron chi connectivity index (χ2n) is 7.03. The molecule has 0 unspecified atom stereocenters. The van der Waals surface area contributed by atoms with Crippen LogP contribution in [-0.4, -0.2) is 54.5 Å². The number of benzene rings is 1. The Morgan fingerprint density at radius 2 is 1.88 bits per heavy atom. The minimum atomic E-state index is -0.192. The van der Waals surface area contributed by atoms with Gasteiger partial charge in [-0.3, -0.25) is 9.69 Å². The average molecular weight is 373 g/mol. The molecule has 1 amide bonds. The summed E-state index contributed by atoms with van der Waals surface area (Å²) in [5.74, 6) is 0.00442. The maximum absolute atomic E-state index is 14.0. The highest BCUT2D eigenvalue weighted by Crippen LogP contribution is 2.29. The predicted octanol–water partition coefficient (Wildman–Crippen LogP) is 3.20. The van der Waals surface area contributed by atoms with Gasteiger partial charge in [-0.1, -0.05) is 18.2 Å². The van der Waals surface area contributed by atoms with E-state index in [1.165, 1.54) is 23.8 Å². The van der Waals surface area contributed by atoms with Gasteiger partial charge in [-0.2, -0.15) is 0 Å². The molecule has 6 heteroatoms. The van der Waals surface area contributed by atoms with Gasteiger partial charge in [-0.25, -0.2) is 4.39 Å². The standard InChI is InChI=1S/C20H24FN3OS/c21-18-5-1-2-6-19(18)22-9-11-23(12-10-22)20(25)15-24(16-7-8-16)14-17-4-3-13-26-17/h1-6,13,16H,7-12,14-15H2. The van der Waals surface area contributed by atoms with E-state index in [0.29, 0.717) is 44.5 Å². The van der Waals surface area contributed by atoms with E-state index in [-0.39, 0.29) is 11.7 Å². The van der Waals surface area contributed by atoms with Crippen LogP contribution >= 0.6 is 11.3 Å². The van der Waals surface area contributed by atoms with Crippen LogP contribution in [0.15, 0.2) is 41.8 Å². The lowest BCUT2D eigenvalue weighted by molar-refractivity contribution is -0.133. The Balaban J connectivity index is 1.32. The van der Waals surface area contributed by atoms with E-state index in [0.717, 1.165) is 6.54 Å². The van der Waals surface area contributed by atoms with Crippen LogP contribution < -0.4 is 4.90 Å². The number of halogens is 1. The van der Waals surface area contributed by atoms with Crippen molar-refractivity contribution in [1.29, 1.82) is 0 Å². The smallest absolute Gasteiger partial charge is 0.236 e. The predicted molar refractivity (Wildman–Crippen MR) is 103 cm³/mol. The average Bonchev–Trinajstić information content (AvgIpc) is 3.39. The van der Waals surface area contributed by atoms with Crippen LogP contribution in [-0.2, 0) is 11.3 Å². The molecule has 0 atom stereocenters. The number of carbonyl (C=O) groups is 1. The van der Waals surface area contributed by atoms with Crippen LogP contribution in [0.1, 0.15) is 17.7 Å². The first-order valence-corrected chi connectivity index (χ1v) is 10.1. The van der Waals surface area contributed by atoms with Crippen molar-refractivity contribution in [1.82, 2.24) is 9.80 Å². The molecule has 1 aliphatic carbocycles. The molecule has 1 aliphatic heterocycles. The number of piperazine rings is 1. The number of carbonyl (C=O) groups excluding carboxylic acids is 1. The number of amides is 1. The fourth-order valence-electron chi connectivity index (χ4n) is 3.54. The van der Waals surface area contributed by atoms with E-state index in [9.17, 15) is 9.18 Å². The Labute approximate surface area is 157 Å². The summed E-state index contributed by atoms with van der Waals surface area (Å²) in [6, 6.07) is 11.6. The summed E-state index contributed by atoms with van der Waals surface area (Å²) in [4.78, 5) is 20.4. The number of anilines is 1. The van der Waals surface area contributed by atoms with Gasteiger partial charge in [0.25, 0.3) is 0 Å². The number of hydrogen-bond acceptors (Lipinski definition) is 4. The van der Waals surface area contributed by atoms with Crippen molar-refractivity contribution in [2.24, 2.45) is 0 Å². The molecule has 0 spiro atoms. The second-order valence-corrected chi connectivity index (χ2v) is 8.07. The first kappa shape index (κ1) is 17.5. The minimum Gasteiger partial charge on any atom is -0.366 e. The number of rotatable bonds is 6. The zero-order valence-electron chi connectivity index (χ0n) is 14.8. The van der Waals surface area contributed by atoms with E-state index >= 15 is 0 Å². The molecule has 1 aromatic carbocycles. The summed E-state index contributed by atoms with van der Waals surface area (Å²) in [6.07, 6.45) is 2.39. The third kappa shape index (κ3) is 4.07. The van der Waals surface area contributed by atoms with Gasteiger partial charge in [0, 0.05) is 43.6 Å². The van der Waals surface area contributed by atoms with Gasteiger partial charge in [0.05, 0.1) is 12.2 Å². The molecule has 138 valence electrons. The highest BCUT2D eigenvalue weighted by Gasteiger charge is 2.32. The van der Waals surface area contributed by atoms with E-state index in [4.69, 9.17) is 0 Å². The molecule has 2 heterocycles. The summed E-state index contributed by atoms with van der Waals surface area (Å²) in [6.45, 7) is 4.03. The van der Waals surface area contributed by atoms with Crippen LogP contribution in [0.3, 0.4) is 0 Å². The summed E-state index contributed by atoms with van der Waals surface area (Å²) in [5, 5.41) is 2.09. The molecule has 1 aromatic heterocycles. The molecule has 2 fully saturated rings. The fraction of sp³-hybridized carbons (Fsp3) is 0.450. The minimum absolute atomic E-state index is 0.192. The fourth-order valence-corrected chi connectivity index (χ4v) is 4.26. The quantitative estimate of drug-likeness (QED) is 0.778. The first-order chi connectivity index (χ1) is 12.7. The van der Waals surface area contributed by atoms with Crippen molar-refractivity contribution in [3.05, 3.63) is 52.5 Å². The third-order valence-corrected chi connectivity index (χ3v) is 6.03. The molecule has 26 heavy (non-hydrogen) atoms. The molecular weight excluding hydrogens is 349 g/mol. The van der Waals surface area contributed by atoms with Gasteiger partial charge in [-0.15, -0.1) is 11.3 Å². The van der Waals surface area contributed by atoms with Gasteiger partial charge in [-0.05, 0) is 36.4 Å². The van der Waals surface area contributed by atoms with E-state index < -0.39 is 0 Å². The Hall–Kier alpha value is -1.92. The Bertz CT molecular complexity index is 739. The van der Waals surface area contributed by atoms with Crippen molar-refractivity contribution in [3.8, 4) is 0 Å².